The highest BCUT2D eigenvalue weighted by molar-refractivity contribution is 5.83. The van der Waals surface area contributed by atoms with E-state index in [-0.39, 0.29) is 12.6 Å². The third-order valence-electron chi connectivity index (χ3n) is 3.62. The van der Waals surface area contributed by atoms with Crippen molar-refractivity contribution in [3.8, 4) is 0 Å². The van der Waals surface area contributed by atoms with Gasteiger partial charge in [0.2, 0.25) is 0 Å². The van der Waals surface area contributed by atoms with Crippen LogP contribution in [0.4, 0.5) is 0 Å². The molecule has 1 saturated carbocycles. The van der Waals surface area contributed by atoms with E-state index in [0.717, 1.165) is 0 Å². The normalized spacial score (nSPS) is 17.0. The van der Waals surface area contributed by atoms with Gasteiger partial charge in [-0.3, -0.25) is 0 Å². The maximum Gasteiger partial charge on any atom is 0.0626 e. The van der Waals surface area contributed by atoms with Gasteiger partial charge in [0.15, 0.2) is 0 Å². The van der Waals surface area contributed by atoms with Crippen LogP contribution in [0.1, 0.15) is 30.0 Å². The van der Waals surface area contributed by atoms with E-state index in [2.05, 4.69) is 48.6 Å². The van der Waals surface area contributed by atoms with Crippen LogP contribution in [0, 0.1) is 6.92 Å². The van der Waals surface area contributed by atoms with Crippen LogP contribution in [0.25, 0.3) is 10.8 Å². The Bertz CT molecular complexity index is 560. The molecule has 0 saturated heterocycles. The lowest BCUT2D eigenvalue weighted by Gasteiger charge is -2.17. The summed E-state index contributed by atoms with van der Waals surface area (Å²) in [5.74, 6) is 0. The summed E-state index contributed by atoms with van der Waals surface area (Å²) in [6.45, 7) is 2.27. The second kappa shape index (κ2) is 4.71. The van der Waals surface area contributed by atoms with E-state index < -0.39 is 0 Å². The summed E-state index contributed by atoms with van der Waals surface area (Å²) in [6, 6.07) is 13.6. The van der Waals surface area contributed by atoms with Crippen molar-refractivity contribution in [2.75, 3.05) is 6.61 Å². The Hall–Kier alpha value is -1.38. The van der Waals surface area contributed by atoms with Gasteiger partial charge in [-0.1, -0.05) is 35.9 Å². The van der Waals surface area contributed by atoms with E-state index in [0.29, 0.717) is 6.04 Å². The summed E-state index contributed by atoms with van der Waals surface area (Å²) in [5.41, 5.74) is 2.46. The average Bonchev–Trinajstić information content (AvgIpc) is 3.19. The molecule has 0 aromatic heterocycles. The van der Waals surface area contributed by atoms with Crippen LogP contribution in [0.3, 0.4) is 0 Å². The Morgan fingerprint density at radius 1 is 1.17 bits per heavy atom. The second-order valence-electron chi connectivity index (χ2n) is 5.29. The van der Waals surface area contributed by atoms with Crippen molar-refractivity contribution in [3.05, 3.63) is 47.5 Å². The van der Waals surface area contributed by atoms with Gasteiger partial charge in [0.1, 0.15) is 0 Å². The van der Waals surface area contributed by atoms with Gasteiger partial charge >= 0.3 is 0 Å². The van der Waals surface area contributed by atoms with E-state index in [1.165, 1.54) is 34.7 Å². The fourth-order valence-corrected chi connectivity index (χ4v) is 2.39. The quantitative estimate of drug-likeness (QED) is 0.862. The van der Waals surface area contributed by atoms with Crippen molar-refractivity contribution in [1.82, 2.24) is 5.32 Å². The molecule has 1 unspecified atom stereocenters. The number of nitrogens with one attached hydrogen (secondary N) is 1. The number of fused-ring (bicyclic) bond motifs is 1. The highest BCUT2D eigenvalue weighted by Gasteiger charge is 2.24. The van der Waals surface area contributed by atoms with Gasteiger partial charge in [-0.15, -0.1) is 0 Å². The minimum absolute atomic E-state index is 0.0724. The Labute approximate surface area is 108 Å². The smallest absolute Gasteiger partial charge is 0.0626 e. The van der Waals surface area contributed by atoms with E-state index in [9.17, 15) is 5.11 Å². The topological polar surface area (TPSA) is 32.3 Å². The Balaban J connectivity index is 1.93. The Morgan fingerprint density at radius 2 is 1.89 bits per heavy atom. The standard InChI is InChI=1S/C16H19NO/c1-11-2-3-13-9-14(5-4-12(13)8-11)16(10-18)17-15-6-7-15/h2-5,8-9,15-18H,6-7,10H2,1H3. The van der Waals surface area contributed by atoms with Crippen LogP contribution in [-0.2, 0) is 0 Å². The van der Waals surface area contributed by atoms with E-state index in [1.807, 2.05) is 0 Å². The van der Waals surface area contributed by atoms with Crippen LogP contribution in [0.2, 0.25) is 0 Å². The van der Waals surface area contributed by atoms with Gasteiger partial charge in [-0.25, -0.2) is 0 Å². The number of rotatable bonds is 4. The maximum absolute atomic E-state index is 9.51. The fraction of sp³-hybridized carbons (Fsp3) is 0.375. The number of aliphatic hydroxyl groups is 1. The molecule has 1 fully saturated rings. The first-order chi connectivity index (χ1) is 8.76. The second-order valence-corrected chi connectivity index (χ2v) is 5.29. The van der Waals surface area contributed by atoms with Crippen molar-refractivity contribution in [1.29, 1.82) is 0 Å². The van der Waals surface area contributed by atoms with Crippen LogP contribution in [0.15, 0.2) is 36.4 Å². The highest BCUT2D eigenvalue weighted by Crippen LogP contribution is 2.26. The maximum atomic E-state index is 9.51. The van der Waals surface area contributed by atoms with Crippen molar-refractivity contribution < 1.29 is 5.11 Å². The predicted molar refractivity (Wildman–Crippen MR) is 74.7 cm³/mol. The zero-order chi connectivity index (χ0) is 12.5. The van der Waals surface area contributed by atoms with Gasteiger partial charge in [0.05, 0.1) is 12.6 Å². The number of aryl methyl sites for hydroxylation is 1. The third-order valence-corrected chi connectivity index (χ3v) is 3.62. The number of aliphatic hydroxyl groups excluding tert-OH is 1. The minimum Gasteiger partial charge on any atom is -0.394 e. The first-order valence-electron chi connectivity index (χ1n) is 6.63. The summed E-state index contributed by atoms with van der Waals surface area (Å²) >= 11 is 0. The summed E-state index contributed by atoms with van der Waals surface area (Å²) in [6.07, 6.45) is 2.48. The lowest BCUT2D eigenvalue weighted by atomic mass is 10.0. The first-order valence-corrected chi connectivity index (χ1v) is 6.63. The molecule has 18 heavy (non-hydrogen) atoms. The van der Waals surface area contributed by atoms with Crippen molar-refractivity contribution in [2.24, 2.45) is 0 Å². The molecule has 2 aromatic carbocycles. The Morgan fingerprint density at radius 3 is 2.61 bits per heavy atom. The molecule has 1 atom stereocenters. The molecule has 2 N–H and O–H groups in total. The predicted octanol–water partition coefficient (Wildman–Crippen LogP) is 2.93. The SMILES string of the molecule is Cc1ccc2cc(C(CO)NC3CC3)ccc2c1. The molecule has 2 aromatic rings. The molecular formula is C16H19NO. The van der Waals surface area contributed by atoms with Gasteiger partial charge in [0.25, 0.3) is 0 Å². The van der Waals surface area contributed by atoms with Gasteiger partial charge < -0.3 is 10.4 Å². The van der Waals surface area contributed by atoms with Gasteiger partial charge in [-0.05, 0) is 42.2 Å². The molecule has 2 heteroatoms. The number of benzene rings is 2. The monoisotopic (exact) mass is 241 g/mol. The average molecular weight is 241 g/mol. The number of hydrogen-bond acceptors (Lipinski definition) is 2. The minimum atomic E-state index is 0.0724. The zero-order valence-corrected chi connectivity index (χ0v) is 10.7. The largest absolute Gasteiger partial charge is 0.394 e. The molecular weight excluding hydrogens is 222 g/mol. The summed E-state index contributed by atoms with van der Waals surface area (Å²) < 4.78 is 0. The molecule has 3 rings (SSSR count). The van der Waals surface area contributed by atoms with Crippen molar-refractivity contribution in [2.45, 2.75) is 31.8 Å². The van der Waals surface area contributed by atoms with Crippen molar-refractivity contribution >= 4 is 10.8 Å². The molecule has 2 nitrogen and oxygen atoms in total. The highest BCUT2D eigenvalue weighted by atomic mass is 16.3. The van der Waals surface area contributed by atoms with Crippen LogP contribution >= 0.6 is 0 Å². The summed E-state index contributed by atoms with van der Waals surface area (Å²) in [7, 11) is 0. The van der Waals surface area contributed by atoms with E-state index in [4.69, 9.17) is 0 Å². The van der Waals surface area contributed by atoms with Crippen molar-refractivity contribution in [3.63, 3.8) is 0 Å². The Kier molecular flexibility index (Phi) is 3.06. The van der Waals surface area contributed by atoms with Crippen LogP contribution < -0.4 is 5.32 Å². The fourth-order valence-electron chi connectivity index (χ4n) is 2.39. The molecule has 0 spiro atoms. The third kappa shape index (κ3) is 2.40. The first kappa shape index (κ1) is 11.7. The number of hydrogen-bond donors (Lipinski definition) is 2. The molecule has 0 aliphatic heterocycles. The van der Waals surface area contributed by atoms with Gasteiger partial charge in [0, 0.05) is 6.04 Å². The molecule has 94 valence electrons. The summed E-state index contributed by atoms with van der Waals surface area (Å²) in [4.78, 5) is 0. The van der Waals surface area contributed by atoms with Crippen LogP contribution in [0.5, 0.6) is 0 Å². The molecule has 0 heterocycles. The van der Waals surface area contributed by atoms with Crippen LogP contribution in [-0.4, -0.2) is 17.8 Å². The molecule has 0 bridgehead atoms. The molecule has 0 amide bonds. The molecule has 0 radical (unpaired) electrons. The zero-order valence-electron chi connectivity index (χ0n) is 10.7. The molecule has 1 aliphatic rings. The lowest BCUT2D eigenvalue weighted by molar-refractivity contribution is 0.243. The van der Waals surface area contributed by atoms with E-state index in [1.54, 1.807) is 0 Å². The van der Waals surface area contributed by atoms with E-state index >= 15 is 0 Å². The van der Waals surface area contributed by atoms with Gasteiger partial charge in [-0.2, -0.15) is 0 Å². The lowest BCUT2D eigenvalue weighted by Crippen LogP contribution is -2.26. The molecule has 1 aliphatic carbocycles. The summed E-state index contributed by atoms with van der Waals surface area (Å²) in [5, 5.41) is 15.5.